The number of nitrogens with one attached hydrogen (secondary N) is 1. The summed E-state index contributed by atoms with van der Waals surface area (Å²) in [6, 6.07) is 6.00. The number of carbonyl (C=O) groups excluding carboxylic acids is 2. The van der Waals surface area contributed by atoms with Gasteiger partial charge in [0.25, 0.3) is 0 Å². The maximum Gasteiger partial charge on any atom is 0.243 e. The summed E-state index contributed by atoms with van der Waals surface area (Å²) in [5, 5.41) is 3.05. The third kappa shape index (κ3) is 3.60. The standard InChI is InChI=1S/C21H32N4O2/c1-14(2)25-20(27)17-12-23(10-11-24(17)21(25,5)6)13-18(26)22-19-15(3)8-7-9-16(19)4/h7-9,14,17H,10-13H2,1-6H3,(H,22,26). The number of nitrogens with zero attached hydrogens (tertiary/aromatic N) is 3. The Hall–Kier alpha value is -1.92. The highest BCUT2D eigenvalue weighted by molar-refractivity contribution is 5.94. The number of hydrogen-bond acceptors (Lipinski definition) is 4. The van der Waals surface area contributed by atoms with Crippen molar-refractivity contribution in [2.75, 3.05) is 31.5 Å². The fraction of sp³-hybridized carbons (Fsp3) is 0.619. The molecule has 3 rings (SSSR count). The van der Waals surface area contributed by atoms with Gasteiger partial charge in [-0.25, -0.2) is 0 Å². The fourth-order valence-corrected chi connectivity index (χ4v) is 4.70. The number of piperazine rings is 1. The molecule has 2 heterocycles. The molecule has 6 heteroatoms. The number of hydrogen-bond donors (Lipinski definition) is 1. The number of carbonyl (C=O) groups is 2. The van der Waals surface area contributed by atoms with Gasteiger partial charge in [-0.3, -0.25) is 19.4 Å². The number of para-hydroxylation sites is 1. The van der Waals surface area contributed by atoms with Crippen LogP contribution >= 0.6 is 0 Å². The molecule has 0 bridgehead atoms. The van der Waals surface area contributed by atoms with Gasteiger partial charge in [-0.2, -0.15) is 0 Å². The molecule has 0 aliphatic carbocycles. The second-order valence-electron chi connectivity index (χ2n) is 8.56. The van der Waals surface area contributed by atoms with E-state index < -0.39 is 0 Å². The number of aryl methyl sites for hydroxylation is 2. The third-order valence-corrected chi connectivity index (χ3v) is 5.91. The van der Waals surface area contributed by atoms with Crippen molar-refractivity contribution in [3.8, 4) is 0 Å². The first-order valence-electron chi connectivity index (χ1n) is 9.81. The van der Waals surface area contributed by atoms with Crippen LogP contribution in [0.5, 0.6) is 0 Å². The van der Waals surface area contributed by atoms with Crippen LogP contribution in [0.3, 0.4) is 0 Å². The number of benzene rings is 1. The number of amides is 2. The molecule has 0 saturated carbocycles. The van der Waals surface area contributed by atoms with Gasteiger partial charge in [-0.15, -0.1) is 0 Å². The summed E-state index contributed by atoms with van der Waals surface area (Å²) >= 11 is 0. The minimum Gasteiger partial charge on any atom is -0.324 e. The van der Waals surface area contributed by atoms with Crippen LogP contribution < -0.4 is 5.32 Å². The average molecular weight is 373 g/mol. The second-order valence-corrected chi connectivity index (χ2v) is 8.56. The van der Waals surface area contributed by atoms with E-state index in [9.17, 15) is 9.59 Å². The first-order valence-corrected chi connectivity index (χ1v) is 9.81. The summed E-state index contributed by atoms with van der Waals surface area (Å²) in [4.78, 5) is 31.9. The van der Waals surface area contributed by atoms with Crippen LogP contribution in [-0.4, -0.2) is 70.4 Å². The van der Waals surface area contributed by atoms with Gasteiger partial charge >= 0.3 is 0 Å². The molecule has 27 heavy (non-hydrogen) atoms. The molecule has 2 aliphatic heterocycles. The van der Waals surface area contributed by atoms with Crippen molar-refractivity contribution >= 4 is 17.5 Å². The molecule has 148 valence electrons. The van der Waals surface area contributed by atoms with E-state index in [-0.39, 0.29) is 29.6 Å². The zero-order valence-corrected chi connectivity index (χ0v) is 17.4. The van der Waals surface area contributed by atoms with Gasteiger partial charge in [-0.05, 0) is 52.7 Å². The first-order chi connectivity index (χ1) is 12.6. The quantitative estimate of drug-likeness (QED) is 0.881. The molecule has 2 amide bonds. The highest BCUT2D eigenvalue weighted by atomic mass is 16.2. The van der Waals surface area contributed by atoms with Crippen molar-refractivity contribution in [2.24, 2.45) is 0 Å². The molecule has 1 aromatic rings. The molecule has 0 spiro atoms. The topological polar surface area (TPSA) is 55.9 Å². The molecule has 2 fully saturated rings. The van der Waals surface area contributed by atoms with Gasteiger partial charge in [-0.1, -0.05) is 18.2 Å². The van der Waals surface area contributed by atoms with Gasteiger partial charge in [0.15, 0.2) is 0 Å². The molecule has 2 aliphatic rings. The van der Waals surface area contributed by atoms with Gasteiger partial charge in [0, 0.05) is 31.4 Å². The second kappa shape index (κ2) is 7.24. The molecular formula is C21H32N4O2. The van der Waals surface area contributed by atoms with Gasteiger partial charge in [0.05, 0.1) is 12.2 Å². The van der Waals surface area contributed by atoms with E-state index in [1.54, 1.807) is 0 Å². The number of fused-ring (bicyclic) bond motifs is 1. The van der Waals surface area contributed by atoms with E-state index in [1.165, 1.54) is 0 Å². The Labute approximate surface area is 162 Å². The van der Waals surface area contributed by atoms with Crippen molar-refractivity contribution < 1.29 is 9.59 Å². The number of rotatable bonds is 4. The predicted molar refractivity (Wildman–Crippen MR) is 108 cm³/mol. The van der Waals surface area contributed by atoms with Crippen LogP contribution in [0.2, 0.25) is 0 Å². The highest BCUT2D eigenvalue weighted by Gasteiger charge is 2.53. The Bertz CT molecular complexity index is 723. The van der Waals surface area contributed by atoms with Crippen LogP contribution in [0.15, 0.2) is 18.2 Å². The Morgan fingerprint density at radius 2 is 1.85 bits per heavy atom. The summed E-state index contributed by atoms with van der Waals surface area (Å²) in [6.07, 6.45) is 0. The monoisotopic (exact) mass is 372 g/mol. The largest absolute Gasteiger partial charge is 0.324 e. The van der Waals surface area contributed by atoms with E-state index in [0.717, 1.165) is 29.9 Å². The van der Waals surface area contributed by atoms with Crippen LogP contribution in [0.4, 0.5) is 5.69 Å². The summed E-state index contributed by atoms with van der Waals surface area (Å²) in [6.45, 7) is 14.9. The Kier molecular flexibility index (Phi) is 5.32. The number of anilines is 1. The van der Waals surface area contributed by atoms with Gasteiger partial charge < -0.3 is 10.2 Å². The van der Waals surface area contributed by atoms with Crippen LogP contribution in [0.25, 0.3) is 0 Å². The minimum atomic E-state index is -0.275. The van der Waals surface area contributed by atoms with E-state index in [1.807, 2.05) is 36.9 Å². The molecule has 6 nitrogen and oxygen atoms in total. The molecule has 1 aromatic carbocycles. The summed E-state index contributed by atoms with van der Waals surface area (Å²) in [5.74, 6) is 0.154. The van der Waals surface area contributed by atoms with E-state index in [0.29, 0.717) is 13.1 Å². The summed E-state index contributed by atoms with van der Waals surface area (Å²) in [7, 11) is 0. The molecule has 2 saturated heterocycles. The lowest BCUT2D eigenvalue weighted by Crippen LogP contribution is -2.58. The lowest BCUT2D eigenvalue weighted by atomic mass is 10.1. The maximum atomic E-state index is 13.0. The van der Waals surface area contributed by atoms with E-state index >= 15 is 0 Å². The predicted octanol–water partition coefficient (Wildman–Crippen LogP) is 2.21. The molecule has 0 radical (unpaired) electrons. The Morgan fingerprint density at radius 3 is 2.44 bits per heavy atom. The van der Waals surface area contributed by atoms with E-state index in [4.69, 9.17) is 0 Å². The minimum absolute atomic E-state index is 0.0220. The van der Waals surface area contributed by atoms with Gasteiger partial charge in [0.1, 0.15) is 6.04 Å². The van der Waals surface area contributed by atoms with Crippen molar-refractivity contribution in [1.82, 2.24) is 14.7 Å². The smallest absolute Gasteiger partial charge is 0.243 e. The zero-order chi connectivity index (χ0) is 19.9. The van der Waals surface area contributed by atoms with Crippen molar-refractivity contribution in [2.45, 2.75) is 59.3 Å². The van der Waals surface area contributed by atoms with Gasteiger partial charge in [0.2, 0.25) is 11.8 Å². The van der Waals surface area contributed by atoms with Crippen LogP contribution in [0.1, 0.15) is 38.8 Å². The van der Waals surface area contributed by atoms with Crippen LogP contribution in [0, 0.1) is 13.8 Å². The molecular weight excluding hydrogens is 340 g/mol. The lowest BCUT2D eigenvalue weighted by Gasteiger charge is -2.43. The van der Waals surface area contributed by atoms with E-state index in [2.05, 4.69) is 42.8 Å². The zero-order valence-electron chi connectivity index (χ0n) is 17.4. The average Bonchev–Trinajstić information content (AvgIpc) is 2.77. The van der Waals surface area contributed by atoms with Crippen molar-refractivity contribution in [3.05, 3.63) is 29.3 Å². The lowest BCUT2D eigenvalue weighted by molar-refractivity contribution is -0.134. The summed E-state index contributed by atoms with van der Waals surface area (Å²) in [5.41, 5.74) is 2.75. The molecule has 0 aromatic heterocycles. The molecule has 1 N–H and O–H groups in total. The molecule has 1 atom stereocenters. The Balaban J connectivity index is 1.66. The van der Waals surface area contributed by atoms with Crippen LogP contribution in [-0.2, 0) is 9.59 Å². The van der Waals surface area contributed by atoms with Crippen molar-refractivity contribution in [1.29, 1.82) is 0 Å². The SMILES string of the molecule is Cc1cccc(C)c1NC(=O)CN1CCN2C(C1)C(=O)N(C(C)C)C2(C)C. The fourth-order valence-electron chi connectivity index (χ4n) is 4.70. The normalized spacial score (nSPS) is 23.0. The first kappa shape index (κ1) is 19.8. The third-order valence-electron chi connectivity index (χ3n) is 5.91. The summed E-state index contributed by atoms with van der Waals surface area (Å²) < 4.78 is 0. The Morgan fingerprint density at radius 1 is 1.22 bits per heavy atom. The highest BCUT2D eigenvalue weighted by Crippen LogP contribution is 2.35. The van der Waals surface area contributed by atoms with Crippen molar-refractivity contribution in [3.63, 3.8) is 0 Å². The maximum absolute atomic E-state index is 13.0. The molecule has 1 unspecified atom stereocenters.